The molecular formula is C29H32ClF2N5O4. The largest absolute Gasteiger partial charge is 0.480 e. The number of benzene rings is 1. The van der Waals surface area contributed by atoms with Crippen LogP contribution >= 0.6 is 11.6 Å². The summed E-state index contributed by atoms with van der Waals surface area (Å²) in [6.45, 7) is 7.45. The van der Waals surface area contributed by atoms with Crippen molar-refractivity contribution < 1.29 is 28.2 Å². The second-order valence-electron chi connectivity index (χ2n) is 11.7. The maximum atomic E-state index is 13.5. The molecule has 0 saturated carbocycles. The summed E-state index contributed by atoms with van der Waals surface area (Å²) < 4.78 is 33.8. The van der Waals surface area contributed by atoms with E-state index >= 15 is 0 Å². The molecule has 1 N–H and O–H groups in total. The summed E-state index contributed by atoms with van der Waals surface area (Å²) in [5.74, 6) is -0.233. The predicted molar refractivity (Wildman–Crippen MR) is 149 cm³/mol. The Balaban J connectivity index is 1.34. The van der Waals surface area contributed by atoms with Gasteiger partial charge >= 0.3 is 6.09 Å². The van der Waals surface area contributed by atoms with Gasteiger partial charge in [-0.1, -0.05) is 23.7 Å². The number of alkyl halides is 2. The highest BCUT2D eigenvalue weighted by Gasteiger charge is 2.48. The fourth-order valence-corrected chi connectivity index (χ4v) is 5.53. The fourth-order valence-electron chi connectivity index (χ4n) is 5.41. The lowest BCUT2D eigenvalue weighted by Crippen LogP contribution is -2.62. The number of carbonyl (C=O) groups excluding carboxylic acids is 2. The molecule has 2 aliphatic rings. The van der Waals surface area contributed by atoms with E-state index in [1.54, 1.807) is 40.1 Å². The van der Waals surface area contributed by atoms with Gasteiger partial charge in [-0.3, -0.25) is 14.3 Å². The van der Waals surface area contributed by atoms with Gasteiger partial charge in [-0.05, 0) is 57.9 Å². The molecule has 12 heteroatoms. The third kappa shape index (κ3) is 6.14. The Morgan fingerprint density at radius 3 is 2.34 bits per heavy atom. The Morgan fingerprint density at radius 1 is 1.07 bits per heavy atom. The van der Waals surface area contributed by atoms with Gasteiger partial charge in [0.1, 0.15) is 23.5 Å². The first-order valence-electron chi connectivity index (χ1n) is 13.4. The molecule has 5 rings (SSSR count). The first kappa shape index (κ1) is 28.8. The van der Waals surface area contributed by atoms with E-state index < -0.39 is 23.7 Å². The molecule has 4 heterocycles. The van der Waals surface area contributed by atoms with Gasteiger partial charge < -0.3 is 19.6 Å². The molecule has 2 saturated heterocycles. The third-order valence-electron chi connectivity index (χ3n) is 7.52. The number of aromatic hydroxyl groups is 1. The van der Waals surface area contributed by atoms with E-state index in [0.29, 0.717) is 53.7 Å². The molecule has 0 bridgehead atoms. The van der Waals surface area contributed by atoms with Crippen molar-refractivity contribution >= 4 is 23.6 Å². The van der Waals surface area contributed by atoms with E-state index in [1.807, 2.05) is 20.8 Å². The SMILES string of the molecule is CC(C)(C)OC(=O)N1CC2(CCN(C(=O)Cn3c(O)nc(-c4ccc(Cl)cc4)c3-c3ccnc(C(F)F)c3)CC2)C1. The van der Waals surface area contributed by atoms with Crippen molar-refractivity contribution in [1.82, 2.24) is 24.3 Å². The number of amides is 2. The average Bonchev–Trinajstić information content (AvgIpc) is 3.22. The molecule has 0 atom stereocenters. The number of aromatic nitrogens is 3. The molecule has 2 fully saturated rings. The minimum atomic E-state index is -2.79. The average molecular weight is 588 g/mol. The molecule has 3 aromatic rings. The highest BCUT2D eigenvalue weighted by atomic mass is 35.5. The Bertz CT molecular complexity index is 1440. The highest BCUT2D eigenvalue weighted by Crippen LogP contribution is 2.41. The molecule has 1 aromatic carbocycles. The van der Waals surface area contributed by atoms with E-state index in [2.05, 4.69) is 9.97 Å². The summed E-state index contributed by atoms with van der Waals surface area (Å²) >= 11 is 6.04. The van der Waals surface area contributed by atoms with Crippen LogP contribution in [0.25, 0.3) is 22.5 Å². The van der Waals surface area contributed by atoms with Crippen molar-refractivity contribution in [3.05, 3.63) is 53.3 Å². The first-order valence-corrected chi connectivity index (χ1v) is 13.8. The van der Waals surface area contributed by atoms with Gasteiger partial charge in [0.05, 0.1) is 5.69 Å². The van der Waals surface area contributed by atoms with Gasteiger partial charge in [-0.15, -0.1) is 0 Å². The van der Waals surface area contributed by atoms with Crippen LogP contribution in [-0.2, 0) is 16.1 Å². The Morgan fingerprint density at radius 2 is 1.73 bits per heavy atom. The molecule has 9 nitrogen and oxygen atoms in total. The van der Waals surface area contributed by atoms with Crippen LogP contribution in [0.3, 0.4) is 0 Å². The second-order valence-corrected chi connectivity index (χ2v) is 12.1. The molecule has 0 radical (unpaired) electrons. The van der Waals surface area contributed by atoms with Gasteiger partial charge in [0.15, 0.2) is 0 Å². The summed E-state index contributed by atoms with van der Waals surface area (Å²) in [4.78, 5) is 37.3. The van der Waals surface area contributed by atoms with Crippen LogP contribution in [0.1, 0.15) is 45.7 Å². The molecule has 2 aromatic heterocycles. The standard InChI is InChI=1S/C29H32ClF2N5O4/c1-28(2,3)41-27(40)36-16-29(17-36)9-12-35(13-10-29)22(38)15-37-24(19-8-11-33-21(14-19)25(31)32)23(34-26(37)39)18-4-6-20(30)7-5-18/h4-8,11,14,25H,9-10,12-13,15-17H2,1-3H3,(H,34,39). The highest BCUT2D eigenvalue weighted by molar-refractivity contribution is 6.30. The molecule has 0 aliphatic carbocycles. The van der Waals surface area contributed by atoms with E-state index in [-0.39, 0.29) is 24.0 Å². The normalized spacial score (nSPS) is 16.7. The number of imidazole rings is 1. The van der Waals surface area contributed by atoms with Gasteiger partial charge in [0.2, 0.25) is 5.91 Å². The number of nitrogens with zero attached hydrogens (tertiary/aromatic N) is 5. The fraction of sp³-hybridized carbons (Fsp3) is 0.448. The van der Waals surface area contributed by atoms with Gasteiger partial charge in [0, 0.05) is 53.9 Å². The monoisotopic (exact) mass is 587 g/mol. The van der Waals surface area contributed by atoms with Crippen molar-refractivity contribution in [2.75, 3.05) is 26.2 Å². The van der Waals surface area contributed by atoms with E-state index in [0.717, 1.165) is 12.8 Å². The number of ether oxygens (including phenoxy) is 1. The van der Waals surface area contributed by atoms with Crippen LogP contribution in [0.4, 0.5) is 13.6 Å². The minimum absolute atomic E-state index is 0.0412. The van der Waals surface area contributed by atoms with Crippen LogP contribution in [0, 0.1) is 5.41 Å². The van der Waals surface area contributed by atoms with Gasteiger partial charge in [-0.2, -0.15) is 4.98 Å². The summed E-state index contributed by atoms with van der Waals surface area (Å²) in [7, 11) is 0. The Kier molecular flexibility index (Phi) is 7.67. The molecular weight excluding hydrogens is 556 g/mol. The summed E-state index contributed by atoms with van der Waals surface area (Å²) in [6.07, 6.45) is -0.383. The topological polar surface area (TPSA) is 101 Å². The lowest BCUT2D eigenvalue weighted by atomic mass is 9.72. The number of pyridine rings is 1. The van der Waals surface area contributed by atoms with Crippen LogP contribution in [-0.4, -0.2) is 73.2 Å². The van der Waals surface area contributed by atoms with Crippen molar-refractivity contribution in [3.8, 4) is 28.5 Å². The summed E-state index contributed by atoms with van der Waals surface area (Å²) in [6, 6.07) is 9.10. The summed E-state index contributed by atoms with van der Waals surface area (Å²) in [5, 5.41) is 11.4. The Labute approximate surface area is 241 Å². The Hall–Kier alpha value is -3.73. The molecule has 1 spiro atoms. The molecule has 0 unspecified atom stereocenters. The van der Waals surface area contributed by atoms with E-state index in [9.17, 15) is 23.5 Å². The van der Waals surface area contributed by atoms with Crippen LogP contribution in [0.15, 0.2) is 42.6 Å². The number of likely N-dealkylation sites (tertiary alicyclic amines) is 2. The van der Waals surface area contributed by atoms with Crippen molar-refractivity contribution in [3.63, 3.8) is 0 Å². The molecule has 2 amide bonds. The zero-order valence-corrected chi connectivity index (χ0v) is 23.9. The third-order valence-corrected chi connectivity index (χ3v) is 7.77. The van der Waals surface area contributed by atoms with Crippen molar-refractivity contribution in [2.45, 2.75) is 52.2 Å². The first-order chi connectivity index (χ1) is 19.3. The number of hydrogen-bond donors (Lipinski definition) is 1. The maximum Gasteiger partial charge on any atom is 0.410 e. The quantitative estimate of drug-likeness (QED) is 0.407. The number of piperidine rings is 1. The summed E-state index contributed by atoms with van der Waals surface area (Å²) in [5.41, 5.74) is 0.565. The zero-order chi connectivity index (χ0) is 29.5. The lowest BCUT2D eigenvalue weighted by Gasteiger charge is -2.53. The number of hydrogen-bond acceptors (Lipinski definition) is 6. The smallest absolute Gasteiger partial charge is 0.410 e. The molecule has 218 valence electrons. The van der Waals surface area contributed by atoms with Crippen molar-refractivity contribution in [2.24, 2.45) is 5.41 Å². The lowest BCUT2D eigenvalue weighted by molar-refractivity contribution is -0.136. The predicted octanol–water partition coefficient (Wildman–Crippen LogP) is 5.77. The van der Waals surface area contributed by atoms with Crippen LogP contribution < -0.4 is 0 Å². The zero-order valence-electron chi connectivity index (χ0n) is 23.1. The van der Waals surface area contributed by atoms with Crippen LogP contribution in [0.2, 0.25) is 5.02 Å². The van der Waals surface area contributed by atoms with Gasteiger partial charge in [-0.25, -0.2) is 13.6 Å². The second kappa shape index (κ2) is 10.9. The van der Waals surface area contributed by atoms with E-state index in [1.165, 1.54) is 16.8 Å². The maximum absolute atomic E-state index is 13.5. The van der Waals surface area contributed by atoms with E-state index in [4.69, 9.17) is 16.3 Å². The minimum Gasteiger partial charge on any atom is -0.480 e. The number of carbonyl (C=O) groups is 2. The number of rotatable bonds is 5. The van der Waals surface area contributed by atoms with Gasteiger partial charge in [0.25, 0.3) is 12.4 Å². The molecule has 2 aliphatic heterocycles. The van der Waals surface area contributed by atoms with Crippen LogP contribution in [0.5, 0.6) is 6.01 Å². The van der Waals surface area contributed by atoms with Crippen molar-refractivity contribution in [1.29, 1.82) is 0 Å². The number of halogens is 3. The molecule has 41 heavy (non-hydrogen) atoms.